The number of hydrogen-bond acceptors (Lipinski definition) is 3. The smallest absolute Gasteiger partial charge is 0.219 e. The largest absolute Gasteiger partial charge is 0.356 e. The van der Waals surface area contributed by atoms with Gasteiger partial charge in [-0.3, -0.25) is 4.79 Å². The van der Waals surface area contributed by atoms with E-state index in [0.717, 1.165) is 12.0 Å². The van der Waals surface area contributed by atoms with Crippen molar-refractivity contribution in [3.05, 3.63) is 35.4 Å². The molecule has 5 nitrogen and oxygen atoms in total. The highest BCUT2D eigenvalue weighted by atomic mass is 32.2. The van der Waals surface area contributed by atoms with Gasteiger partial charge in [-0.25, -0.2) is 8.42 Å². The van der Waals surface area contributed by atoms with Crippen LogP contribution in [0, 0.1) is 0 Å². The molecule has 0 bridgehead atoms. The van der Waals surface area contributed by atoms with Crippen molar-refractivity contribution in [2.75, 3.05) is 18.8 Å². The van der Waals surface area contributed by atoms with Gasteiger partial charge in [-0.2, -0.15) is 4.31 Å². The molecule has 1 N–H and O–H groups in total. The van der Waals surface area contributed by atoms with Crippen molar-refractivity contribution in [1.29, 1.82) is 0 Å². The van der Waals surface area contributed by atoms with Crippen LogP contribution < -0.4 is 5.32 Å². The van der Waals surface area contributed by atoms with Crippen LogP contribution >= 0.6 is 0 Å². The Morgan fingerprint density at radius 2 is 2.00 bits per heavy atom. The summed E-state index contributed by atoms with van der Waals surface area (Å²) in [6.45, 7) is 3.19. The summed E-state index contributed by atoms with van der Waals surface area (Å²) < 4.78 is 26.2. The quantitative estimate of drug-likeness (QED) is 0.805. The van der Waals surface area contributed by atoms with Crippen molar-refractivity contribution in [3.63, 3.8) is 0 Å². The third-order valence-electron chi connectivity index (χ3n) is 3.71. The molecule has 21 heavy (non-hydrogen) atoms. The molecule has 0 aliphatic carbocycles. The third-order valence-corrected chi connectivity index (χ3v) is 5.61. The molecule has 0 atom stereocenters. The number of carbonyl (C=O) groups is 1. The van der Waals surface area contributed by atoms with Gasteiger partial charge in [0.15, 0.2) is 0 Å². The summed E-state index contributed by atoms with van der Waals surface area (Å²) in [5.74, 6) is 0.0402. The average Bonchev–Trinajstić information content (AvgIpc) is 2.50. The van der Waals surface area contributed by atoms with Crippen LogP contribution in [0.25, 0.3) is 0 Å². The molecule has 1 aromatic carbocycles. The number of fused-ring (bicyclic) bond motifs is 1. The van der Waals surface area contributed by atoms with Gasteiger partial charge in [0.1, 0.15) is 0 Å². The van der Waals surface area contributed by atoms with Crippen molar-refractivity contribution >= 4 is 15.9 Å². The third kappa shape index (κ3) is 4.28. The number of nitrogens with one attached hydrogen (secondary N) is 1. The molecule has 1 heterocycles. The SMILES string of the molecule is CCC(=O)NCCCS(=O)(=O)N1CCc2ccccc2C1. The van der Waals surface area contributed by atoms with Crippen LogP contribution in [0.3, 0.4) is 0 Å². The van der Waals surface area contributed by atoms with E-state index < -0.39 is 10.0 Å². The van der Waals surface area contributed by atoms with E-state index >= 15 is 0 Å². The molecule has 0 fully saturated rings. The second-order valence-corrected chi connectivity index (χ2v) is 7.31. The van der Waals surface area contributed by atoms with Gasteiger partial charge in [0.2, 0.25) is 15.9 Å². The maximum Gasteiger partial charge on any atom is 0.219 e. The molecule has 0 saturated carbocycles. The Morgan fingerprint density at radius 3 is 2.71 bits per heavy atom. The summed E-state index contributed by atoms with van der Waals surface area (Å²) in [6.07, 6.45) is 1.64. The Hall–Kier alpha value is -1.40. The summed E-state index contributed by atoms with van der Waals surface area (Å²) in [5, 5.41) is 2.70. The van der Waals surface area contributed by atoms with Crippen molar-refractivity contribution in [3.8, 4) is 0 Å². The van der Waals surface area contributed by atoms with Crippen LogP contribution in [-0.2, 0) is 27.8 Å². The summed E-state index contributed by atoms with van der Waals surface area (Å²) >= 11 is 0. The van der Waals surface area contributed by atoms with Gasteiger partial charge in [-0.1, -0.05) is 31.2 Å². The van der Waals surface area contributed by atoms with E-state index in [4.69, 9.17) is 0 Å². The standard InChI is InChI=1S/C15H22N2O3S/c1-2-15(18)16-9-5-11-21(19,20)17-10-8-13-6-3-4-7-14(13)12-17/h3-4,6-7H,2,5,8-12H2,1H3,(H,16,18). The van der Waals surface area contributed by atoms with Gasteiger partial charge in [0, 0.05) is 26.1 Å². The topological polar surface area (TPSA) is 66.5 Å². The minimum Gasteiger partial charge on any atom is -0.356 e. The van der Waals surface area contributed by atoms with Crippen LogP contribution in [0.4, 0.5) is 0 Å². The molecule has 0 unspecified atom stereocenters. The summed E-state index contributed by atoms with van der Waals surface area (Å²) in [6, 6.07) is 7.96. The molecule has 2 rings (SSSR count). The molecule has 6 heteroatoms. The Balaban J connectivity index is 1.88. The average molecular weight is 310 g/mol. The first kappa shape index (κ1) is 16.0. The Morgan fingerprint density at radius 1 is 1.29 bits per heavy atom. The lowest BCUT2D eigenvalue weighted by atomic mass is 10.0. The molecule has 1 amide bonds. The summed E-state index contributed by atoms with van der Waals surface area (Å²) in [7, 11) is -3.25. The van der Waals surface area contributed by atoms with E-state index in [9.17, 15) is 13.2 Å². The lowest BCUT2D eigenvalue weighted by Gasteiger charge is -2.28. The zero-order chi connectivity index (χ0) is 15.3. The van der Waals surface area contributed by atoms with E-state index in [1.165, 1.54) is 5.56 Å². The molecule has 1 aromatic rings. The number of benzene rings is 1. The minimum absolute atomic E-state index is 0.0423. The fourth-order valence-corrected chi connectivity index (χ4v) is 3.92. The predicted molar refractivity (Wildman–Crippen MR) is 82.3 cm³/mol. The van der Waals surface area contributed by atoms with Crippen LogP contribution in [0.2, 0.25) is 0 Å². The maximum absolute atomic E-state index is 12.3. The zero-order valence-electron chi connectivity index (χ0n) is 12.3. The predicted octanol–water partition coefficient (Wildman–Crippen LogP) is 1.29. The highest BCUT2D eigenvalue weighted by Gasteiger charge is 2.25. The molecule has 116 valence electrons. The van der Waals surface area contributed by atoms with E-state index in [0.29, 0.717) is 32.5 Å². The number of rotatable bonds is 6. The molecule has 1 aliphatic heterocycles. The number of hydrogen-bond donors (Lipinski definition) is 1. The molecule has 0 radical (unpaired) electrons. The van der Waals surface area contributed by atoms with Gasteiger partial charge in [-0.15, -0.1) is 0 Å². The molecule has 0 aromatic heterocycles. The number of nitrogens with zero attached hydrogens (tertiary/aromatic N) is 1. The highest BCUT2D eigenvalue weighted by Crippen LogP contribution is 2.21. The van der Waals surface area contributed by atoms with Crippen molar-refractivity contribution < 1.29 is 13.2 Å². The number of amides is 1. The molecular weight excluding hydrogens is 288 g/mol. The second-order valence-electron chi connectivity index (χ2n) is 5.23. The monoisotopic (exact) mass is 310 g/mol. The minimum atomic E-state index is -3.25. The molecule has 0 spiro atoms. The first-order chi connectivity index (χ1) is 10.0. The molecule has 0 saturated heterocycles. The van der Waals surface area contributed by atoms with E-state index in [1.54, 1.807) is 11.2 Å². The van der Waals surface area contributed by atoms with Crippen LogP contribution in [0.1, 0.15) is 30.9 Å². The van der Waals surface area contributed by atoms with Gasteiger partial charge in [0.05, 0.1) is 5.75 Å². The second kappa shape index (κ2) is 7.04. The maximum atomic E-state index is 12.3. The molecular formula is C15H22N2O3S. The van der Waals surface area contributed by atoms with Crippen LogP contribution in [-0.4, -0.2) is 37.5 Å². The van der Waals surface area contributed by atoms with Crippen molar-refractivity contribution in [2.45, 2.75) is 32.7 Å². The fourth-order valence-electron chi connectivity index (χ4n) is 2.44. The Kier molecular flexibility index (Phi) is 5.36. The first-order valence-electron chi connectivity index (χ1n) is 7.34. The lowest BCUT2D eigenvalue weighted by molar-refractivity contribution is -0.120. The zero-order valence-corrected chi connectivity index (χ0v) is 13.2. The van der Waals surface area contributed by atoms with Crippen LogP contribution in [0.15, 0.2) is 24.3 Å². The fraction of sp³-hybridized carbons (Fsp3) is 0.533. The van der Waals surface area contributed by atoms with E-state index in [1.807, 2.05) is 18.2 Å². The lowest BCUT2D eigenvalue weighted by Crippen LogP contribution is -2.38. The van der Waals surface area contributed by atoms with Gasteiger partial charge < -0.3 is 5.32 Å². The van der Waals surface area contributed by atoms with E-state index in [-0.39, 0.29) is 11.7 Å². The Bertz CT molecular complexity index is 599. The van der Waals surface area contributed by atoms with Gasteiger partial charge in [0.25, 0.3) is 0 Å². The normalized spacial score (nSPS) is 15.5. The van der Waals surface area contributed by atoms with Gasteiger partial charge >= 0.3 is 0 Å². The van der Waals surface area contributed by atoms with Crippen molar-refractivity contribution in [1.82, 2.24) is 9.62 Å². The van der Waals surface area contributed by atoms with Crippen molar-refractivity contribution in [2.24, 2.45) is 0 Å². The summed E-state index contributed by atoms with van der Waals surface area (Å²) in [4.78, 5) is 11.1. The molecule has 1 aliphatic rings. The van der Waals surface area contributed by atoms with E-state index in [2.05, 4.69) is 11.4 Å². The van der Waals surface area contributed by atoms with Gasteiger partial charge in [-0.05, 0) is 24.0 Å². The summed E-state index contributed by atoms with van der Waals surface area (Å²) in [5.41, 5.74) is 2.32. The van der Waals surface area contributed by atoms with Crippen LogP contribution in [0.5, 0.6) is 0 Å². The first-order valence-corrected chi connectivity index (χ1v) is 8.95. The highest BCUT2D eigenvalue weighted by molar-refractivity contribution is 7.89. The Labute approximate surface area is 126 Å². The number of carbonyl (C=O) groups excluding carboxylic acids is 1. The number of sulfonamides is 1.